The number of rotatable bonds is 5. The zero-order chi connectivity index (χ0) is 22.2. The molecule has 7 heteroatoms. The standard InChI is InChI=1S/C24H22N2O3S2/c1-16-13-14-20-22(17(16)2)25-24(30-20)26(15-18-9-5-4-6-10-18)23(27)19-11-7-8-12-21(19)31(3,28)29/h4-14H,15H2,1-3H3. The van der Waals surface area contributed by atoms with Gasteiger partial charge in [-0.15, -0.1) is 0 Å². The fourth-order valence-corrected chi connectivity index (χ4v) is 5.34. The first-order valence-electron chi connectivity index (χ1n) is 9.77. The van der Waals surface area contributed by atoms with Gasteiger partial charge in [0.25, 0.3) is 5.91 Å². The first-order valence-corrected chi connectivity index (χ1v) is 12.5. The van der Waals surface area contributed by atoms with Crippen molar-refractivity contribution in [1.82, 2.24) is 4.98 Å². The highest BCUT2D eigenvalue weighted by Crippen LogP contribution is 2.34. The quantitative estimate of drug-likeness (QED) is 0.421. The van der Waals surface area contributed by atoms with E-state index < -0.39 is 15.7 Å². The molecule has 3 aromatic carbocycles. The Kier molecular flexibility index (Phi) is 5.64. The highest BCUT2D eigenvalue weighted by atomic mass is 32.2. The number of fused-ring (bicyclic) bond motifs is 1. The van der Waals surface area contributed by atoms with Crippen LogP contribution < -0.4 is 4.90 Å². The molecule has 0 aliphatic heterocycles. The van der Waals surface area contributed by atoms with Gasteiger partial charge in [0.1, 0.15) is 0 Å². The molecule has 31 heavy (non-hydrogen) atoms. The fourth-order valence-electron chi connectivity index (χ4n) is 3.43. The minimum absolute atomic E-state index is 0.0196. The average molecular weight is 451 g/mol. The Morgan fingerprint density at radius 3 is 2.35 bits per heavy atom. The summed E-state index contributed by atoms with van der Waals surface area (Å²) in [4.78, 5) is 20.0. The predicted molar refractivity (Wildman–Crippen MR) is 126 cm³/mol. The molecule has 5 nitrogen and oxygen atoms in total. The molecule has 0 saturated carbocycles. The van der Waals surface area contributed by atoms with Crippen LogP contribution in [0, 0.1) is 13.8 Å². The van der Waals surface area contributed by atoms with Crippen LogP contribution in [0.3, 0.4) is 0 Å². The van der Waals surface area contributed by atoms with Crippen LogP contribution >= 0.6 is 11.3 Å². The van der Waals surface area contributed by atoms with Gasteiger partial charge in [-0.1, -0.05) is 59.9 Å². The topological polar surface area (TPSA) is 67.3 Å². The number of amides is 1. The van der Waals surface area contributed by atoms with E-state index in [0.29, 0.717) is 5.13 Å². The molecule has 0 radical (unpaired) electrons. The number of sulfone groups is 1. The summed E-state index contributed by atoms with van der Waals surface area (Å²) in [5.74, 6) is -0.390. The van der Waals surface area contributed by atoms with Crippen molar-refractivity contribution in [3.8, 4) is 0 Å². The first kappa shape index (κ1) is 21.2. The summed E-state index contributed by atoms with van der Waals surface area (Å²) in [6.45, 7) is 4.34. The molecule has 0 N–H and O–H groups in total. The number of aromatic nitrogens is 1. The van der Waals surface area contributed by atoms with Gasteiger partial charge in [0.2, 0.25) is 0 Å². The highest BCUT2D eigenvalue weighted by molar-refractivity contribution is 7.90. The predicted octanol–water partition coefficient (Wildman–Crippen LogP) is 5.16. The maximum Gasteiger partial charge on any atom is 0.261 e. The van der Waals surface area contributed by atoms with Gasteiger partial charge in [0.05, 0.1) is 27.2 Å². The third kappa shape index (κ3) is 4.24. The molecule has 4 aromatic rings. The van der Waals surface area contributed by atoms with Gasteiger partial charge in [-0.25, -0.2) is 13.4 Å². The normalized spacial score (nSPS) is 11.6. The summed E-state index contributed by atoms with van der Waals surface area (Å²) in [7, 11) is -3.57. The lowest BCUT2D eigenvalue weighted by atomic mass is 10.1. The van der Waals surface area contributed by atoms with Gasteiger partial charge in [0.15, 0.2) is 15.0 Å². The van der Waals surface area contributed by atoms with Crippen molar-refractivity contribution >= 4 is 42.4 Å². The van der Waals surface area contributed by atoms with E-state index in [1.165, 1.54) is 17.4 Å². The molecule has 0 aliphatic carbocycles. The molecule has 158 valence electrons. The zero-order valence-corrected chi connectivity index (χ0v) is 19.1. The van der Waals surface area contributed by atoms with Crippen molar-refractivity contribution < 1.29 is 13.2 Å². The SMILES string of the molecule is Cc1ccc2sc(N(Cc3ccccc3)C(=O)c3ccccc3S(C)(=O)=O)nc2c1C. The smallest absolute Gasteiger partial charge is 0.261 e. The molecule has 0 spiro atoms. The second-order valence-electron chi connectivity index (χ2n) is 7.50. The lowest BCUT2D eigenvalue weighted by molar-refractivity contribution is 0.0982. The Morgan fingerprint density at radius 1 is 0.968 bits per heavy atom. The number of nitrogens with zero attached hydrogens (tertiary/aromatic N) is 2. The third-order valence-electron chi connectivity index (χ3n) is 5.25. The number of hydrogen-bond acceptors (Lipinski definition) is 5. The molecule has 0 bridgehead atoms. The van der Waals surface area contributed by atoms with E-state index in [2.05, 4.69) is 0 Å². The summed E-state index contributed by atoms with van der Waals surface area (Å²) < 4.78 is 25.6. The molecular weight excluding hydrogens is 428 g/mol. The van der Waals surface area contributed by atoms with E-state index in [1.54, 1.807) is 23.1 Å². The third-order valence-corrected chi connectivity index (χ3v) is 7.45. The monoisotopic (exact) mass is 450 g/mol. The van der Waals surface area contributed by atoms with E-state index in [1.807, 2.05) is 56.3 Å². The van der Waals surface area contributed by atoms with Crippen molar-refractivity contribution in [3.63, 3.8) is 0 Å². The van der Waals surface area contributed by atoms with E-state index in [0.717, 1.165) is 33.2 Å². The molecule has 1 aromatic heterocycles. The van der Waals surface area contributed by atoms with Gasteiger partial charge in [-0.2, -0.15) is 0 Å². The number of anilines is 1. The van der Waals surface area contributed by atoms with Gasteiger partial charge in [0, 0.05) is 6.26 Å². The Labute approximate surface area is 185 Å². The number of thiazole rings is 1. The van der Waals surface area contributed by atoms with Crippen molar-refractivity contribution in [1.29, 1.82) is 0 Å². The van der Waals surface area contributed by atoms with Crippen LogP contribution in [0.4, 0.5) is 5.13 Å². The minimum Gasteiger partial charge on any atom is -0.279 e. The summed E-state index contributed by atoms with van der Waals surface area (Å²) in [6, 6.07) is 20.0. The van der Waals surface area contributed by atoms with Gasteiger partial charge in [-0.3, -0.25) is 9.69 Å². The lowest BCUT2D eigenvalue weighted by Gasteiger charge is -2.21. The van der Waals surface area contributed by atoms with Crippen molar-refractivity contribution in [2.24, 2.45) is 0 Å². The number of aryl methyl sites for hydroxylation is 2. The summed E-state index contributed by atoms with van der Waals surface area (Å²) in [5, 5.41) is 0.542. The molecule has 0 aliphatic rings. The van der Waals surface area contributed by atoms with Crippen LogP contribution in [-0.2, 0) is 16.4 Å². The molecule has 1 amide bonds. The number of hydrogen-bond donors (Lipinski definition) is 0. The number of carbonyl (C=O) groups is 1. The van der Waals surface area contributed by atoms with Crippen LogP contribution in [0.1, 0.15) is 27.0 Å². The van der Waals surface area contributed by atoms with Crippen LogP contribution in [-0.4, -0.2) is 25.6 Å². The Balaban J connectivity index is 1.87. The lowest BCUT2D eigenvalue weighted by Crippen LogP contribution is -2.31. The van der Waals surface area contributed by atoms with Gasteiger partial charge < -0.3 is 0 Å². The van der Waals surface area contributed by atoms with E-state index in [9.17, 15) is 13.2 Å². The van der Waals surface area contributed by atoms with Crippen LogP contribution in [0.2, 0.25) is 0 Å². The molecule has 1 heterocycles. The van der Waals surface area contributed by atoms with E-state index >= 15 is 0 Å². The second kappa shape index (κ2) is 8.24. The fraction of sp³-hybridized carbons (Fsp3) is 0.167. The van der Waals surface area contributed by atoms with Crippen LogP contribution in [0.25, 0.3) is 10.2 Å². The largest absolute Gasteiger partial charge is 0.279 e. The molecular formula is C24H22N2O3S2. The average Bonchev–Trinajstić information content (AvgIpc) is 3.19. The molecule has 4 rings (SSSR count). The second-order valence-corrected chi connectivity index (χ2v) is 10.5. The van der Waals surface area contributed by atoms with Crippen molar-refractivity contribution in [3.05, 3.63) is 89.0 Å². The summed E-state index contributed by atoms with van der Waals surface area (Å²) in [6.07, 6.45) is 1.12. The van der Waals surface area contributed by atoms with E-state index in [4.69, 9.17) is 4.98 Å². The first-order chi connectivity index (χ1) is 14.8. The Morgan fingerprint density at radius 2 is 1.65 bits per heavy atom. The maximum absolute atomic E-state index is 13.7. The van der Waals surface area contributed by atoms with Gasteiger partial charge >= 0.3 is 0 Å². The molecule has 0 unspecified atom stereocenters. The molecule has 0 saturated heterocycles. The minimum atomic E-state index is -3.57. The Hall–Kier alpha value is -3.03. The van der Waals surface area contributed by atoms with E-state index in [-0.39, 0.29) is 17.0 Å². The van der Waals surface area contributed by atoms with Crippen molar-refractivity contribution in [2.45, 2.75) is 25.3 Å². The summed E-state index contributed by atoms with van der Waals surface area (Å²) in [5.41, 5.74) is 4.14. The molecule has 0 fully saturated rings. The van der Waals surface area contributed by atoms with Crippen LogP contribution in [0.15, 0.2) is 71.6 Å². The Bertz CT molecular complexity index is 1380. The number of carbonyl (C=O) groups excluding carboxylic acids is 1. The highest BCUT2D eigenvalue weighted by Gasteiger charge is 2.26. The zero-order valence-electron chi connectivity index (χ0n) is 17.5. The summed E-state index contributed by atoms with van der Waals surface area (Å²) >= 11 is 1.43. The number of benzene rings is 3. The van der Waals surface area contributed by atoms with Gasteiger partial charge in [-0.05, 0) is 48.7 Å². The maximum atomic E-state index is 13.7. The van der Waals surface area contributed by atoms with Crippen LogP contribution in [0.5, 0.6) is 0 Å². The van der Waals surface area contributed by atoms with Crippen molar-refractivity contribution in [2.75, 3.05) is 11.2 Å². The molecule has 0 atom stereocenters.